The van der Waals surface area contributed by atoms with Gasteiger partial charge in [0.05, 0.1) is 16.4 Å². The lowest BCUT2D eigenvalue weighted by Gasteiger charge is -2.19. The number of amides is 1. The van der Waals surface area contributed by atoms with Crippen molar-refractivity contribution < 1.29 is 4.79 Å². The van der Waals surface area contributed by atoms with Gasteiger partial charge in [0.25, 0.3) is 5.91 Å². The van der Waals surface area contributed by atoms with Crippen molar-refractivity contribution in [3.05, 3.63) is 33.9 Å². The van der Waals surface area contributed by atoms with Crippen molar-refractivity contribution in [2.45, 2.75) is 39.5 Å². The van der Waals surface area contributed by atoms with Gasteiger partial charge < -0.3 is 10.2 Å². The normalized spacial score (nSPS) is 14.5. The second-order valence-electron chi connectivity index (χ2n) is 6.14. The van der Waals surface area contributed by atoms with Crippen LogP contribution in [0.1, 0.15) is 53.0 Å². The first-order valence-electron chi connectivity index (χ1n) is 8.05. The van der Waals surface area contributed by atoms with E-state index >= 15 is 0 Å². The highest BCUT2D eigenvalue weighted by atomic mass is 32.1. The number of aryl methyl sites for hydroxylation is 1. The number of hydrogen-bond acceptors (Lipinski definition) is 5. The summed E-state index contributed by atoms with van der Waals surface area (Å²) in [4.78, 5) is 24.5. The second-order valence-corrected chi connectivity index (χ2v) is 7.17. The predicted octanol–water partition coefficient (Wildman–Crippen LogP) is 3.82. The molecule has 2 aromatic rings. The predicted molar refractivity (Wildman–Crippen MR) is 94.6 cm³/mol. The van der Waals surface area contributed by atoms with E-state index in [0.29, 0.717) is 10.8 Å². The number of rotatable bonds is 4. The van der Waals surface area contributed by atoms with E-state index < -0.39 is 0 Å². The number of anilines is 2. The van der Waals surface area contributed by atoms with E-state index in [1.165, 1.54) is 24.2 Å². The average Bonchev–Trinajstić information content (AvgIpc) is 3.17. The fraction of sp³-hybridized carbons (Fsp3) is 0.471. The summed E-state index contributed by atoms with van der Waals surface area (Å²) in [6, 6.07) is 3.77. The zero-order valence-electron chi connectivity index (χ0n) is 13.8. The number of nitrogens with zero attached hydrogens (tertiary/aromatic N) is 3. The van der Waals surface area contributed by atoms with Gasteiger partial charge >= 0.3 is 0 Å². The van der Waals surface area contributed by atoms with Crippen LogP contribution >= 0.6 is 11.3 Å². The van der Waals surface area contributed by atoms with Crippen LogP contribution in [0.5, 0.6) is 0 Å². The van der Waals surface area contributed by atoms with E-state index in [9.17, 15) is 4.79 Å². The molecular formula is C17H22N4OS. The number of hydrogen-bond donors (Lipinski definition) is 1. The Morgan fingerprint density at radius 3 is 2.74 bits per heavy atom. The van der Waals surface area contributed by atoms with E-state index in [0.717, 1.165) is 35.3 Å². The van der Waals surface area contributed by atoms with Crippen LogP contribution in [-0.4, -0.2) is 29.0 Å². The molecule has 0 unspecified atom stereocenters. The van der Waals surface area contributed by atoms with Gasteiger partial charge in [-0.3, -0.25) is 4.79 Å². The van der Waals surface area contributed by atoms with Crippen LogP contribution < -0.4 is 10.2 Å². The smallest absolute Gasteiger partial charge is 0.267 e. The Kier molecular flexibility index (Phi) is 4.61. The lowest BCUT2D eigenvalue weighted by Crippen LogP contribution is -2.22. The number of thiazole rings is 1. The van der Waals surface area contributed by atoms with Gasteiger partial charge in [0, 0.05) is 25.2 Å². The number of pyridine rings is 1. The molecule has 0 aliphatic carbocycles. The zero-order chi connectivity index (χ0) is 16.4. The molecule has 1 amide bonds. The molecule has 2 aromatic heterocycles. The highest BCUT2D eigenvalue weighted by Crippen LogP contribution is 2.29. The molecule has 0 bridgehead atoms. The van der Waals surface area contributed by atoms with Crippen molar-refractivity contribution >= 4 is 28.7 Å². The second kappa shape index (κ2) is 6.66. The molecule has 0 aromatic carbocycles. The summed E-state index contributed by atoms with van der Waals surface area (Å²) in [6.45, 7) is 8.06. The topological polar surface area (TPSA) is 58.1 Å². The summed E-state index contributed by atoms with van der Waals surface area (Å²) in [6.07, 6.45) is 4.13. The van der Waals surface area contributed by atoms with Crippen LogP contribution in [0.15, 0.2) is 18.3 Å². The van der Waals surface area contributed by atoms with Crippen molar-refractivity contribution in [3.8, 4) is 0 Å². The third kappa shape index (κ3) is 3.37. The zero-order valence-corrected chi connectivity index (χ0v) is 14.6. The van der Waals surface area contributed by atoms with Crippen molar-refractivity contribution in [1.29, 1.82) is 0 Å². The minimum absolute atomic E-state index is 0.0969. The molecule has 3 rings (SSSR count). The Bertz CT molecular complexity index is 704. The van der Waals surface area contributed by atoms with Gasteiger partial charge in [-0.05, 0) is 31.9 Å². The summed E-state index contributed by atoms with van der Waals surface area (Å²) >= 11 is 1.48. The molecule has 0 saturated carbocycles. The maximum Gasteiger partial charge on any atom is 0.267 e. The van der Waals surface area contributed by atoms with E-state index in [4.69, 9.17) is 0 Å². The summed E-state index contributed by atoms with van der Waals surface area (Å²) in [5, 5.41) is 4.02. The lowest BCUT2D eigenvalue weighted by atomic mass is 10.2. The summed E-state index contributed by atoms with van der Waals surface area (Å²) in [5.41, 5.74) is 1.57. The highest BCUT2D eigenvalue weighted by molar-refractivity contribution is 7.14. The molecule has 1 saturated heterocycles. The molecule has 6 heteroatoms. The van der Waals surface area contributed by atoms with Gasteiger partial charge in [-0.1, -0.05) is 13.8 Å². The minimum Gasteiger partial charge on any atom is -0.355 e. The molecule has 1 N–H and O–H groups in total. The van der Waals surface area contributed by atoms with Crippen LogP contribution in [-0.2, 0) is 0 Å². The Labute approximate surface area is 140 Å². The Balaban J connectivity index is 1.83. The molecule has 1 fully saturated rings. The van der Waals surface area contributed by atoms with Crippen molar-refractivity contribution in [2.24, 2.45) is 0 Å². The first-order valence-corrected chi connectivity index (χ1v) is 8.86. The summed E-state index contributed by atoms with van der Waals surface area (Å²) in [7, 11) is 0. The summed E-state index contributed by atoms with van der Waals surface area (Å²) in [5.74, 6) is 1.10. The molecule has 5 nitrogen and oxygen atoms in total. The van der Waals surface area contributed by atoms with E-state index in [1.54, 1.807) is 6.20 Å². The molecule has 1 aliphatic rings. The fourth-order valence-electron chi connectivity index (χ4n) is 2.73. The molecule has 0 radical (unpaired) electrons. The lowest BCUT2D eigenvalue weighted by molar-refractivity contribution is 0.103. The van der Waals surface area contributed by atoms with Gasteiger partial charge in [-0.25, -0.2) is 9.97 Å². The number of aromatic nitrogens is 2. The van der Waals surface area contributed by atoms with E-state index in [1.807, 2.05) is 19.1 Å². The van der Waals surface area contributed by atoms with Gasteiger partial charge in [0.1, 0.15) is 4.88 Å². The van der Waals surface area contributed by atoms with Crippen molar-refractivity contribution in [2.75, 3.05) is 23.3 Å². The summed E-state index contributed by atoms with van der Waals surface area (Å²) < 4.78 is 0. The minimum atomic E-state index is -0.0969. The van der Waals surface area contributed by atoms with Crippen LogP contribution in [0, 0.1) is 6.92 Å². The number of carbonyl (C=O) groups is 1. The van der Waals surface area contributed by atoms with Gasteiger partial charge in [-0.2, -0.15) is 0 Å². The van der Waals surface area contributed by atoms with Crippen LogP contribution in [0.2, 0.25) is 0 Å². The quantitative estimate of drug-likeness (QED) is 0.926. The molecule has 1 aliphatic heterocycles. The monoisotopic (exact) mass is 330 g/mol. The highest BCUT2D eigenvalue weighted by Gasteiger charge is 2.21. The van der Waals surface area contributed by atoms with Gasteiger partial charge in [0.15, 0.2) is 5.82 Å². The standard InChI is InChI=1S/C17H22N4OS/c1-11(2)17-19-12(3)14(23-17)16(22)20-13-7-6-8-18-15(13)21-9-4-5-10-21/h6-8,11H,4-5,9-10H2,1-3H3,(H,20,22). The van der Waals surface area contributed by atoms with E-state index in [-0.39, 0.29) is 5.91 Å². The molecule has 0 atom stereocenters. The number of carbonyl (C=O) groups excluding carboxylic acids is 1. The van der Waals surface area contributed by atoms with Crippen LogP contribution in [0.3, 0.4) is 0 Å². The molecule has 23 heavy (non-hydrogen) atoms. The maximum absolute atomic E-state index is 12.7. The SMILES string of the molecule is Cc1nc(C(C)C)sc1C(=O)Nc1cccnc1N1CCCC1. The largest absolute Gasteiger partial charge is 0.355 e. The Hall–Kier alpha value is -1.95. The molecule has 122 valence electrons. The van der Waals surface area contributed by atoms with Crippen molar-refractivity contribution in [1.82, 2.24) is 9.97 Å². The van der Waals surface area contributed by atoms with Crippen molar-refractivity contribution in [3.63, 3.8) is 0 Å². The van der Waals surface area contributed by atoms with E-state index in [2.05, 4.69) is 34.0 Å². The third-order valence-electron chi connectivity index (χ3n) is 3.95. The molecular weight excluding hydrogens is 308 g/mol. The fourth-order valence-corrected chi connectivity index (χ4v) is 3.69. The first-order chi connectivity index (χ1) is 11.1. The van der Waals surface area contributed by atoms with Gasteiger partial charge in [-0.15, -0.1) is 11.3 Å². The maximum atomic E-state index is 12.7. The Morgan fingerprint density at radius 1 is 1.35 bits per heavy atom. The first kappa shape index (κ1) is 15.9. The third-order valence-corrected chi connectivity index (χ3v) is 5.41. The average molecular weight is 330 g/mol. The Morgan fingerprint density at radius 2 is 2.09 bits per heavy atom. The van der Waals surface area contributed by atoms with Crippen LogP contribution in [0.25, 0.3) is 0 Å². The van der Waals surface area contributed by atoms with Gasteiger partial charge in [0.2, 0.25) is 0 Å². The molecule has 3 heterocycles. The molecule has 0 spiro atoms. The number of nitrogens with one attached hydrogen (secondary N) is 1. The van der Waals surface area contributed by atoms with Crippen LogP contribution in [0.4, 0.5) is 11.5 Å².